The fraction of sp³-hybridized carbons (Fsp3) is 0.381. The Morgan fingerprint density at radius 2 is 1.48 bits per heavy atom. The van der Waals surface area contributed by atoms with Crippen molar-refractivity contribution < 1.29 is 22.0 Å². The van der Waals surface area contributed by atoms with Crippen molar-refractivity contribution in [1.29, 1.82) is 0 Å². The second-order valence-electron chi connectivity index (χ2n) is 7.39. The third-order valence-corrected chi connectivity index (χ3v) is 7.78. The molecule has 0 N–H and O–H groups in total. The Morgan fingerprint density at radius 3 is 2.03 bits per heavy atom. The van der Waals surface area contributed by atoms with Gasteiger partial charge in [-0.15, -0.1) is 0 Å². The van der Waals surface area contributed by atoms with Crippen molar-refractivity contribution in [1.82, 2.24) is 9.21 Å². The lowest BCUT2D eigenvalue weighted by molar-refractivity contribution is 0.0692. The van der Waals surface area contributed by atoms with E-state index in [0.29, 0.717) is 16.0 Å². The highest BCUT2D eigenvalue weighted by Crippen LogP contribution is 2.29. The summed E-state index contributed by atoms with van der Waals surface area (Å²) < 4.78 is 55.3. The molecule has 156 valence electrons. The number of sulfonamides is 1. The van der Waals surface area contributed by atoms with Gasteiger partial charge in [-0.2, -0.15) is 4.31 Å². The highest BCUT2D eigenvalue weighted by Gasteiger charge is 2.33. The van der Waals surface area contributed by atoms with E-state index in [-0.39, 0.29) is 31.7 Å². The van der Waals surface area contributed by atoms with Crippen molar-refractivity contribution in [3.63, 3.8) is 0 Å². The number of carbonyl (C=O) groups is 1. The maximum Gasteiger partial charge on any atom is 0.257 e. The third-order valence-electron chi connectivity index (χ3n) is 5.60. The van der Waals surface area contributed by atoms with Gasteiger partial charge in [0.15, 0.2) is 11.6 Å². The summed E-state index contributed by atoms with van der Waals surface area (Å²) in [4.78, 5) is 14.2. The molecule has 0 atom stereocenters. The first-order valence-electron chi connectivity index (χ1n) is 9.36. The molecule has 0 radical (unpaired) electrons. The van der Waals surface area contributed by atoms with E-state index in [4.69, 9.17) is 0 Å². The van der Waals surface area contributed by atoms with Crippen LogP contribution in [0.3, 0.4) is 0 Å². The van der Waals surface area contributed by atoms with Gasteiger partial charge in [-0.1, -0.05) is 12.1 Å². The molecule has 1 saturated heterocycles. The number of hydrogen-bond donors (Lipinski definition) is 0. The summed E-state index contributed by atoms with van der Waals surface area (Å²) in [6, 6.07) is 5.42. The van der Waals surface area contributed by atoms with E-state index in [1.807, 2.05) is 19.9 Å². The van der Waals surface area contributed by atoms with Crippen LogP contribution in [0.4, 0.5) is 8.78 Å². The van der Waals surface area contributed by atoms with Gasteiger partial charge in [0.2, 0.25) is 10.0 Å². The molecular weight excluding hydrogens is 398 g/mol. The van der Waals surface area contributed by atoms with Crippen LogP contribution in [-0.4, -0.2) is 49.7 Å². The van der Waals surface area contributed by atoms with Crippen LogP contribution >= 0.6 is 0 Å². The van der Waals surface area contributed by atoms with Gasteiger partial charge in [-0.25, -0.2) is 17.2 Å². The molecule has 3 rings (SSSR count). The van der Waals surface area contributed by atoms with Crippen LogP contribution in [0, 0.1) is 39.3 Å². The van der Waals surface area contributed by atoms with Gasteiger partial charge in [-0.3, -0.25) is 4.79 Å². The Morgan fingerprint density at radius 1 is 0.931 bits per heavy atom. The summed E-state index contributed by atoms with van der Waals surface area (Å²) in [5.74, 6) is -2.91. The van der Waals surface area contributed by atoms with Crippen LogP contribution in [-0.2, 0) is 10.0 Å². The zero-order valence-electron chi connectivity index (χ0n) is 16.9. The van der Waals surface area contributed by atoms with Crippen molar-refractivity contribution in [2.24, 2.45) is 0 Å². The molecule has 0 spiro atoms. The van der Waals surface area contributed by atoms with E-state index in [1.54, 1.807) is 13.8 Å². The molecule has 8 heteroatoms. The number of amides is 1. The quantitative estimate of drug-likeness (QED) is 0.762. The highest BCUT2D eigenvalue weighted by atomic mass is 32.2. The zero-order valence-corrected chi connectivity index (χ0v) is 17.7. The zero-order chi connectivity index (χ0) is 21.5. The first kappa shape index (κ1) is 21.4. The summed E-state index contributed by atoms with van der Waals surface area (Å²) in [6.07, 6.45) is 0. The molecule has 0 bridgehead atoms. The van der Waals surface area contributed by atoms with Crippen molar-refractivity contribution >= 4 is 15.9 Å². The smallest absolute Gasteiger partial charge is 0.257 e. The van der Waals surface area contributed by atoms with Crippen LogP contribution < -0.4 is 0 Å². The van der Waals surface area contributed by atoms with Gasteiger partial charge in [-0.05, 0) is 62.1 Å². The van der Waals surface area contributed by atoms with Crippen molar-refractivity contribution in [2.45, 2.75) is 32.6 Å². The fourth-order valence-electron chi connectivity index (χ4n) is 3.67. The number of halogens is 2. The Labute approximate surface area is 170 Å². The van der Waals surface area contributed by atoms with E-state index in [2.05, 4.69) is 0 Å². The summed E-state index contributed by atoms with van der Waals surface area (Å²) in [7, 11) is -3.74. The molecule has 1 heterocycles. The lowest BCUT2D eigenvalue weighted by atomic mass is 10.0. The molecule has 29 heavy (non-hydrogen) atoms. The summed E-state index contributed by atoms with van der Waals surface area (Å²) in [6.45, 7) is 7.75. The second kappa shape index (κ2) is 7.84. The fourth-order valence-corrected chi connectivity index (χ4v) is 5.67. The Kier molecular flexibility index (Phi) is 5.78. The molecule has 0 unspecified atom stereocenters. The molecule has 2 aromatic rings. The van der Waals surface area contributed by atoms with Crippen LogP contribution in [0.5, 0.6) is 0 Å². The van der Waals surface area contributed by atoms with Gasteiger partial charge in [0.25, 0.3) is 5.91 Å². The minimum Gasteiger partial charge on any atom is -0.336 e. The third kappa shape index (κ3) is 3.79. The Balaban J connectivity index is 1.82. The standard InChI is InChI=1S/C21H24F2N2O3S/c1-13-12-14(2)16(4)20(15(13)3)29(27,28)25-10-8-24(9-11-25)21(26)17-6-5-7-18(22)19(17)23/h5-7,12H,8-11H2,1-4H3. The molecular formula is C21H24F2N2O3S. The summed E-state index contributed by atoms with van der Waals surface area (Å²) in [5.41, 5.74) is 2.90. The normalized spacial score (nSPS) is 15.6. The van der Waals surface area contributed by atoms with Crippen molar-refractivity contribution in [2.75, 3.05) is 26.2 Å². The van der Waals surface area contributed by atoms with E-state index >= 15 is 0 Å². The van der Waals surface area contributed by atoms with Crippen LogP contribution in [0.1, 0.15) is 32.6 Å². The van der Waals surface area contributed by atoms with E-state index < -0.39 is 27.6 Å². The first-order valence-corrected chi connectivity index (χ1v) is 10.8. The van der Waals surface area contributed by atoms with Gasteiger partial charge < -0.3 is 4.90 Å². The number of nitrogens with zero attached hydrogens (tertiary/aromatic N) is 2. The lowest BCUT2D eigenvalue weighted by Gasteiger charge is -2.35. The monoisotopic (exact) mass is 422 g/mol. The van der Waals surface area contributed by atoms with E-state index in [9.17, 15) is 22.0 Å². The molecule has 1 amide bonds. The van der Waals surface area contributed by atoms with Crippen LogP contribution in [0.25, 0.3) is 0 Å². The molecule has 0 saturated carbocycles. The van der Waals surface area contributed by atoms with Gasteiger partial charge >= 0.3 is 0 Å². The predicted octanol–water partition coefficient (Wildman–Crippen LogP) is 3.35. The lowest BCUT2D eigenvalue weighted by Crippen LogP contribution is -2.50. The Hall–Kier alpha value is -2.32. The topological polar surface area (TPSA) is 57.7 Å². The maximum atomic E-state index is 13.9. The number of benzene rings is 2. The van der Waals surface area contributed by atoms with Crippen molar-refractivity contribution in [3.8, 4) is 0 Å². The first-order chi connectivity index (χ1) is 13.6. The van der Waals surface area contributed by atoms with Gasteiger partial charge in [0, 0.05) is 26.2 Å². The van der Waals surface area contributed by atoms with E-state index in [0.717, 1.165) is 17.2 Å². The average Bonchev–Trinajstić information content (AvgIpc) is 2.68. The molecule has 0 aliphatic carbocycles. The number of piperazine rings is 1. The molecule has 0 aromatic heterocycles. The number of aryl methyl sites for hydroxylation is 2. The van der Waals surface area contributed by atoms with E-state index in [1.165, 1.54) is 21.3 Å². The summed E-state index contributed by atoms with van der Waals surface area (Å²) in [5, 5.41) is 0. The molecule has 1 fully saturated rings. The number of carbonyl (C=O) groups excluding carboxylic acids is 1. The molecule has 1 aliphatic heterocycles. The number of rotatable bonds is 3. The van der Waals surface area contributed by atoms with Crippen LogP contribution in [0.2, 0.25) is 0 Å². The highest BCUT2D eigenvalue weighted by molar-refractivity contribution is 7.89. The van der Waals surface area contributed by atoms with Gasteiger partial charge in [0.1, 0.15) is 0 Å². The van der Waals surface area contributed by atoms with Crippen molar-refractivity contribution in [3.05, 3.63) is 63.7 Å². The second-order valence-corrected chi connectivity index (χ2v) is 9.26. The molecule has 1 aliphatic rings. The minimum absolute atomic E-state index is 0.0941. The predicted molar refractivity (Wildman–Crippen MR) is 106 cm³/mol. The molecule has 5 nitrogen and oxygen atoms in total. The SMILES string of the molecule is Cc1cc(C)c(C)c(S(=O)(=O)N2CCN(C(=O)c3cccc(F)c3F)CC2)c1C. The number of hydrogen-bond acceptors (Lipinski definition) is 3. The largest absolute Gasteiger partial charge is 0.336 e. The summed E-state index contributed by atoms with van der Waals surface area (Å²) >= 11 is 0. The maximum absolute atomic E-state index is 13.9. The Bertz CT molecular complexity index is 1050. The van der Waals surface area contributed by atoms with Gasteiger partial charge in [0.05, 0.1) is 10.5 Å². The average molecular weight is 422 g/mol. The minimum atomic E-state index is -3.74. The molecule has 2 aromatic carbocycles. The van der Waals surface area contributed by atoms with Crippen LogP contribution in [0.15, 0.2) is 29.2 Å².